The molecule has 2 N–H and O–H groups in total. The third kappa shape index (κ3) is 18.2. The van der Waals surface area contributed by atoms with Crippen molar-refractivity contribution in [2.45, 2.75) is 0 Å². The number of aliphatic hydroxyl groups is 2. The second kappa shape index (κ2) is 7.71. The van der Waals surface area contributed by atoms with Crippen LogP contribution >= 0.6 is 0 Å². The summed E-state index contributed by atoms with van der Waals surface area (Å²) in [4.78, 5) is 8.25. The Labute approximate surface area is 76.5 Å². The molecule has 0 aliphatic heterocycles. The molecular weight excluding hydrogens is 180 g/mol. The van der Waals surface area contributed by atoms with Crippen LogP contribution in [0.15, 0.2) is 0 Å². The van der Waals surface area contributed by atoms with Crippen molar-refractivity contribution in [2.75, 3.05) is 40.4 Å². The maximum atomic E-state index is 8.53. The van der Waals surface area contributed by atoms with Crippen molar-refractivity contribution in [1.82, 2.24) is 0 Å². The van der Waals surface area contributed by atoms with E-state index < -0.39 is 5.09 Å². The molecule has 0 heterocycles. The van der Waals surface area contributed by atoms with Crippen LogP contribution in [0.1, 0.15) is 0 Å². The molecule has 0 aliphatic rings. The first-order chi connectivity index (χ1) is 5.85. The largest absolute Gasteiger partial charge is 0.391 e. The molecule has 0 aromatic rings. The van der Waals surface area contributed by atoms with E-state index in [2.05, 4.69) is 0 Å². The fraction of sp³-hybridized carbons (Fsp3) is 1.00. The second-order valence-electron chi connectivity index (χ2n) is 3.05. The second-order valence-corrected chi connectivity index (χ2v) is 3.05. The van der Waals surface area contributed by atoms with Crippen molar-refractivity contribution in [3.63, 3.8) is 0 Å². The molecule has 13 heavy (non-hydrogen) atoms. The summed E-state index contributed by atoms with van der Waals surface area (Å²) < 4.78 is 0.688. The molecular formula is C6H16N2O5. The lowest BCUT2D eigenvalue weighted by atomic mass is 10.4. The predicted octanol–water partition coefficient (Wildman–Crippen LogP) is -1.19. The van der Waals surface area contributed by atoms with Gasteiger partial charge < -0.3 is 30.0 Å². The third-order valence-electron chi connectivity index (χ3n) is 1.41. The SMILES string of the molecule is C[N+](C)(CCO)CCO.O=[N+]([O-])[O-]. The van der Waals surface area contributed by atoms with Gasteiger partial charge in [0.1, 0.15) is 13.1 Å². The van der Waals surface area contributed by atoms with Crippen LogP contribution in [0.3, 0.4) is 0 Å². The van der Waals surface area contributed by atoms with Crippen molar-refractivity contribution in [1.29, 1.82) is 0 Å². The van der Waals surface area contributed by atoms with Gasteiger partial charge in [-0.25, -0.2) is 0 Å². The van der Waals surface area contributed by atoms with Gasteiger partial charge in [0.05, 0.1) is 32.4 Å². The quantitative estimate of drug-likeness (QED) is 0.334. The summed E-state index contributed by atoms with van der Waals surface area (Å²) in [5.41, 5.74) is 0. The molecule has 0 fully saturated rings. The fourth-order valence-electron chi connectivity index (χ4n) is 0.653. The van der Waals surface area contributed by atoms with Crippen molar-refractivity contribution in [3.05, 3.63) is 15.3 Å². The van der Waals surface area contributed by atoms with E-state index in [1.807, 2.05) is 14.1 Å². The van der Waals surface area contributed by atoms with Crippen molar-refractivity contribution in [3.8, 4) is 0 Å². The topological polar surface area (TPSA) is 107 Å². The normalized spacial score (nSPS) is 10.2. The third-order valence-corrected chi connectivity index (χ3v) is 1.41. The Kier molecular flexibility index (Phi) is 8.66. The van der Waals surface area contributed by atoms with Gasteiger partial charge in [0.15, 0.2) is 0 Å². The van der Waals surface area contributed by atoms with E-state index in [1.54, 1.807) is 0 Å². The smallest absolute Gasteiger partial charge is 0.102 e. The summed E-state index contributed by atoms with van der Waals surface area (Å²) in [6.07, 6.45) is 0. The van der Waals surface area contributed by atoms with E-state index in [-0.39, 0.29) is 13.2 Å². The Balaban J connectivity index is 0. The predicted molar refractivity (Wildman–Crippen MR) is 46.4 cm³/mol. The van der Waals surface area contributed by atoms with Gasteiger partial charge in [-0.1, -0.05) is 0 Å². The monoisotopic (exact) mass is 196 g/mol. The van der Waals surface area contributed by atoms with Gasteiger partial charge >= 0.3 is 0 Å². The minimum absolute atomic E-state index is 0.188. The van der Waals surface area contributed by atoms with E-state index in [1.165, 1.54) is 0 Å². The van der Waals surface area contributed by atoms with Crippen molar-refractivity contribution in [2.24, 2.45) is 0 Å². The Hall–Kier alpha value is -0.920. The lowest BCUT2D eigenvalue weighted by Crippen LogP contribution is -2.43. The Bertz CT molecular complexity index is 127. The maximum Gasteiger partial charge on any atom is 0.102 e. The lowest BCUT2D eigenvalue weighted by Gasteiger charge is -2.27. The van der Waals surface area contributed by atoms with Crippen LogP contribution in [0.5, 0.6) is 0 Å². The van der Waals surface area contributed by atoms with Gasteiger partial charge in [0.2, 0.25) is 0 Å². The molecule has 0 saturated heterocycles. The van der Waals surface area contributed by atoms with Crippen molar-refractivity contribution >= 4 is 0 Å². The lowest BCUT2D eigenvalue weighted by molar-refractivity contribution is -0.890. The highest BCUT2D eigenvalue weighted by atomic mass is 16.9. The number of likely N-dealkylation sites (N-methyl/N-ethyl adjacent to an activating group) is 1. The van der Waals surface area contributed by atoms with Crippen LogP contribution in [0.2, 0.25) is 0 Å². The average Bonchev–Trinajstić information content (AvgIpc) is 1.84. The zero-order chi connectivity index (χ0) is 10.9. The first-order valence-electron chi connectivity index (χ1n) is 3.71. The summed E-state index contributed by atoms with van der Waals surface area (Å²) in [5, 5.41) is 31.8. The van der Waals surface area contributed by atoms with Gasteiger partial charge in [0, 0.05) is 0 Å². The Morgan fingerprint density at radius 3 is 1.54 bits per heavy atom. The van der Waals surface area contributed by atoms with E-state index in [9.17, 15) is 0 Å². The van der Waals surface area contributed by atoms with Gasteiger partial charge in [0.25, 0.3) is 0 Å². The first-order valence-corrected chi connectivity index (χ1v) is 3.71. The van der Waals surface area contributed by atoms with Crippen molar-refractivity contribution < 1.29 is 19.8 Å². The van der Waals surface area contributed by atoms with E-state index in [0.717, 1.165) is 0 Å². The van der Waals surface area contributed by atoms with Gasteiger partial charge in [-0.2, -0.15) is 0 Å². The van der Waals surface area contributed by atoms with Crippen LogP contribution in [0, 0.1) is 15.3 Å². The van der Waals surface area contributed by atoms with Crippen LogP contribution < -0.4 is 0 Å². The number of nitrogens with zero attached hydrogens (tertiary/aromatic N) is 2. The molecule has 0 saturated carbocycles. The molecule has 0 rings (SSSR count). The highest BCUT2D eigenvalue weighted by molar-refractivity contribution is 4.29. The molecule has 0 radical (unpaired) electrons. The van der Waals surface area contributed by atoms with E-state index in [4.69, 9.17) is 25.5 Å². The molecule has 0 bridgehead atoms. The number of hydrogen-bond donors (Lipinski definition) is 2. The fourth-order valence-corrected chi connectivity index (χ4v) is 0.653. The van der Waals surface area contributed by atoms with Gasteiger partial charge in [-0.15, -0.1) is 0 Å². The molecule has 7 nitrogen and oxygen atoms in total. The van der Waals surface area contributed by atoms with Crippen LogP contribution in [-0.4, -0.2) is 60.2 Å². The van der Waals surface area contributed by atoms with Gasteiger partial charge in [-0.3, -0.25) is 0 Å². The number of rotatable bonds is 4. The van der Waals surface area contributed by atoms with Crippen LogP contribution in [0.4, 0.5) is 0 Å². The summed E-state index contributed by atoms with van der Waals surface area (Å²) in [6, 6.07) is 0. The molecule has 0 spiro atoms. The summed E-state index contributed by atoms with van der Waals surface area (Å²) in [6.45, 7) is 1.79. The molecule has 0 aromatic carbocycles. The van der Waals surface area contributed by atoms with E-state index >= 15 is 0 Å². The number of quaternary nitrogens is 1. The standard InChI is InChI=1S/C6H16NO2.NO3/c1-7(2,3-5-8)4-6-9;2-1(3)4/h8-9H,3-6H2,1-2H3;/q+1;-1. The maximum absolute atomic E-state index is 8.53. The minimum atomic E-state index is -1.75. The first kappa shape index (κ1) is 14.6. The Morgan fingerprint density at radius 2 is 1.38 bits per heavy atom. The highest BCUT2D eigenvalue weighted by Gasteiger charge is 2.11. The summed E-state index contributed by atoms with van der Waals surface area (Å²) >= 11 is 0. The molecule has 0 aromatic heterocycles. The van der Waals surface area contributed by atoms with Crippen LogP contribution in [0.25, 0.3) is 0 Å². The Morgan fingerprint density at radius 1 is 1.15 bits per heavy atom. The number of hydrogen-bond acceptors (Lipinski definition) is 5. The molecule has 0 aliphatic carbocycles. The average molecular weight is 196 g/mol. The summed E-state index contributed by atoms with van der Waals surface area (Å²) in [7, 11) is 3.96. The zero-order valence-electron chi connectivity index (χ0n) is 7.84. The van der Waals surface area contributed by atoms with E-state index in [0.29, 0.717) is 17.6 Å². The zero-order valence-corrected chi connectivity index (χ0v) is 7.84. The summed E-state index contributed by atoms with van der Waals surface area (Å²) in [5.74, 6) is 0. The molecule has 0 atom stereocenters. The highest BCUT2D eigenvalue weighted by Crippen LogP contribution is 1.92. The molecule has 7 heteroatoms. The molecule has 0 amide bonds. The van der Waals surface area contributed by atoms with Crippen LogP contribution in [-0.2, 0) is 0 Å². The molecule has 80 valence electrons. The molecule has 0 unspecified atom stereocenters. The minimum Gasteiger partial charge on any atom is -0.391 e. The number of aliphatic hydroxyl groups excluding tert-OH is 2. The van der Waals surface area contributed by atoms with Gasteiger partial charge in [-0.05, 0) is 0 Å².